The molecule has 0 fully saturated rings. The second kappa shape index (κ2) is 26.1. The number of anilines is 8. The highest BCUT2D eigenvalue weighted by atomic mass is 35.5. The summed E-state index contributed by atoms with van der Waals surface area (Å²) in [6, 6.07) is 18.3. The normalized spacial score (nSPS) is 13.0. The monoisotopic (exact) mass is 1600 g/mol. The van der Waals surface area contributed by atoms with Crippen LogP contribution < -0.4 is 21.3 Å². The van der Waals surface area contributed by atoms with E-state index in [0.29, 0.717) is 36.4 Å². The predicted molar refractivity (Wildman–Crippen MR) is 355 cm³/mol. The number of halogens is 2. The van der Waals surface area contributed by atoms with Crippen molar-refractivity contribution in [3.63, 3.8) is 0 Å². The molecule has 0 saturated carbocycles. The standard InChI is InChI=1S/C52H34Cl2N14O26S8/c53-47-59-49(63-51(61-47)57-41-37(99(83,84)85)17-21-15-25(95(71,72)73)19-33(39(21)43(41)69)67-65-31-13-11-27-29(45(31)101(89,90)91)3-1-5-35(27)97(77,78)79)55-23-7-9-24(10-8-23)56-50-60-48(54)62-52(64-50)58-42-38(100(86,87)88)18-22-16-26(96(74,75)76)20-34(40(22)44(42)70)68-66-32-14-12-28-30(46(32)102(92,93)94)4-2-6-36(28)98(80,81)82/h1-20,69-70H,(H,71,72,73)(H,74,75,76)(H,77,78,79)(H,80,81,82)(H,83,84,85)(H,86,87,88)(H,89,90,91)(H,92,93,94)(H2,55,57,59,61,63)(H2,56,58,60,62,64). The van der Waals surface area contributed by atoms with Crippen LogP contribution in [0.1, 0.15) is 0 Å². The van der Waals surface area contributed by atoms with Gasteiger partial charge in [0.1, 0.15) is 52.1 Å². The van der Waals surface area contributed by atoms with Gasteiger partial charge >= 0.3 is 0 Å². The van der Waals surface area contributed by atoms with Gasteiger partial charge in [0.25, 0.3) is 80.9 Å². The molecule has 40 nitrogen and oxygen atoms in total. The first-order chi connectivity index (χ1) is 47.2. The highest BCUT2D eigenvalue weighted by molar-refractivity contribution is 7.88. The van der Waals surface area contributed by atoms with Crippen molar-refractivity contribution in [3.05, 3.63) is 132 Å². The zero-order valence-corrected chi connectivity index (χ0v) is 57.1. The summed E-state index contributed by atoms with van der Waals surface area (Å²) < 4.78 is 283. The van der Waals surface area contributed by atoms with E-state index in [1.807, 2.05) is 0 Å². The summed E-state index contributed by atoms with van der Waals surface area (Å²) in [4.78, 5) is 15.6. The number of fused-ring (bicyclic) bond motifs is 4. The summed E-state index contributed by atoms with van der Waals surface area (Å²) in [5, 5.41) is 43.5. The summed E-state index contributed by atoms with van der Waals surface area (Å²) in [6.07, 6.45) is 0. The van der Waals surface area contributed by atoms with Gasteiger partial charge in [-0.05, 0) is 119 Å². The molecule has 0 amide bonds. The predicted octanol–water partition coefficient (Wildman–Crippen LogP) is 9.17. The number of phenolic OH excluding ortho intramolecular Hbond substituents is 2. The summed E-state index contributed by atoms with van der Waals surface area (Å²) in [5.41, 5.74) is -4.85. The van der Waals surface area contributed by atoms with E-state index in [4.69, 9.17) is 23.2 Å². The molecular formula is C52H34Cl2N14O26S8. The second-order valence-corrected chi connectivity index (χ2v) is 32.4. The average molecular weight is 1600 g/mol. The molecule has 0 atom stereocenters. The maximum absolute atomic E-state index is 13.0. The minimum atomic E-state index is -5.50. The van der Waals surface area contributed by atoms with Crippen LogP contribution >= 0.6 is 23.2 Å². The summed E-state index contributed by atoms with van der Waals surface area (Å²) in [7, 11) is -42.3. The van der Waals surface area contributed by atoms with E-state index in [2.05, 4.69) is 71.6 Å². The van der Waals surface area contributed by atoms with E-state index < -0.39 is 243 Å². The quantitative estimate of drug-likeness (QED) is 0.0192. The molecule has 0 aliphatic rings. The highest BCUT2D eigenvalue weighted by Gasteiger charge is 2.31. The van der Waals surface area contributed by atoms with Gasteiger partial charge in [-0.25, -0.2) is 0 Å². The first-order valence-corrected chi connectivity index (χ1v) is 38.9. The van der Waals surface area contributed by atoms with Crippen LogP contribution in [0.2, 0.25) is 10.6 Å². The molecule has 14 N–H and O–H groups in total. The fraction of sp³-hybridized carbons (Fsp3) is 0. The Morgan fingerprint density at radius 3 is 0.931 bits per heavy atom. The molecule has 102 heavy (non-hydrogen) atoms. The fourth-order valence-corrected chi connectivity index (χ4v) is 15.8. The molecule has 530 valence electrons. The van der Waals surface area contributed by atoms with Gasteiger partial charge in [0.15, 0.2) is 11.5 Å². The molecular weight excluding hydrogens is 1560 g/mol. The number of nitrogens with zero attached hydrogens (tertiary/aromatic N) is 10. The van der Waals surface area contributed by atoms with E-state index in [1.54, 1.807) is 0 Å². The molecule has 9 aromatic carbocycles. The molecule has 0 saturated heterocycles. The lowest BCUT2D eigenvalue weighted by Gasteiger charge is -2.16. The van der Waals surface area contributed by atoms with Crippen molar-refractivity contribution in [1.29, 1.82) is 0 Å². The van der Waals surface area contributed by atoms with Crippen molar-refractivity contribution >= 4 is 217 Å². The molecule has 2 aromatic heterocycles. The SMILES string of the molecule is O=S(=O)(O)c1cc(N=Nc2ccc3c(S(=O)(=O)O)cccc3c2S(=O)(=O)O)c2c(O)c(Nc3nc(Cl)nc(Nc4ccc(Nc5nc(Cl)nc(Nc6c(S(=O)(=O)O)cc7cc(S(=O)(=O)O)cc(N=Nc8ccc9c(S(=O)(=O)O)cccc9c8S(=O)(=O)O)c7c6O)n5)cc4)n3)c(S(=O)(=O)O)cc2c1. The van der Waals surface area contributed by atoms with Crippen LogP contribution in [0.3, 0.4) is 0 Å². The zero-order valence-electron chi connectivity index (χ0n) is 49.0. The van der Waals surface area contributed by atoms with Crippen LogP contribution in [0.5, 0.6) is 11.5 Å². The number of rotatable bonds is 20. The number of benzene rings is 9. The first kappa shape index (κ1) is 73.1. The Balaban J connectivity index is 0.895. The number of azo groups is 2. The van der Waals surface area contributed by atoms with Crippen LogP contribution in [0.4, 0.5) is 69.3 Å². The Bertz CT molecular complexity index is 6180. The molecule has 0 aliphatic carbocycles. The van der Waals surface area contributed by atoms with E-state index >= 15 is 0 Å². The maximum Gasteiger partial charge on any atom is 0.297 e. The van der Waals surface area contributed by atoms with Gasteiger partial charge in [0, 0.05) is 32.9 Å². The van der Waals surface area contributed by atoms with Gasteiger partial charge in [0.05, 0.1) is 31.9 Å². The van der Waals surface area contributed by atoms with Crippen LogP contribution in [0.25, 0.3) is 43.1 Å². The van der Waals surface area contributed by atoms with Crippen molar-refractivity contribution in [2.45, 2.75) is 39.2 Å². The Hall–Kier alpha value is -10.1. The van der Waals surface area contributed by atoms with Gasteiger partial charge in [-0.1, -0.05) is 36.4 Å². The largest absolute Gasteiger partial charge is 0.505 e. The van der Waals surface area contributed by atoms with Crippen LogP contribution in [-0.4, -0.2) is 144 Å². The molecule has 11 aromatic rings. The summed E-state index contributed by atoms with van der Waals surface area (Å²) >= 11 is 12.5. The van der Waals surface area contributed by atoms with Crippen molar-refractivity contribution in [1.82, 2.24) is 29.9 Å². The third-order valence-electron chi connectivity index (χ3n) is 14.0. The number of phenols is 2. The number of hydrogen-bond donors (Lipinski definition) is 14. The minimum Gasteiger partial charge on any atom is -0.505 e. The lowest BCUT2D eigenvalue weighted by molar-refractivity contribution is 0.473. The molecule has 0 radical (unpaired) electrons. The van der Waals surface area contributed by atoms with Crippen molar-refractivity contribution < 1.29 is 114 Å². The number of aromatic hydroxyl groups is 2. The molecule has 50 heteroatoms. The summed E-state index contributed by atoms with van der Waals surface area (Å²) in [6.45, 7) is 0. The Labute approximate surface area is 580 Å². The average Bonchev–Trinajstić information content (AvgIpc) is 0.760. The van der Waals surface area contributed by atoms with Crippen LogP contribution in [0, 0.1) is 0 Å². The molecule has 2 heterocycles. The van der Waals surface area contributed by atoms with Crippen molar-refractivity contribution in [2.24, 2.45) is 20.5 Å². The van der Waals surface area contributed by atoms with Crippen LogP contribution in [0.15, 0.2) is 181 Å². The Kier molecular flexibility index (Phi) is 18.7. The zero-order chi connectivity index (χ0) is 74.5. The molecule has 0 bridgehead atoms. The topological polar surface area (TPSA) is 650 Å². The van der Waals surface area contributed by atoms with E-state index in [-0.39, 0.29) is 11.4 Å². The van der Waals surface area contributed by atoms with Gasteiger partial charge < -0.3 is 31.5 Å². The number of nitrogens with one attached hydrogen (secondary N) is 4. The second-order valence-electron chi connectivity index (χ2n) is 20.6. The van der Waals surface area contributed by atoms with Gasteiger partial charge in [0.2, 0.25) is 34.4 Å². The van der Waals surface area contributed by atoms with E-state index in [0.717, 1.165) is 60.7 Å². The summed E-state index contributed by atoms with van der Waals surface area (Å²) in [5.74, 6) is -4.69. The molecule has 11 rings (SSSR count). The minimum absolute atomic E-state index is 0.126. The lowest BCUT2D eigenvalue weighted by Crippen LogP contribution is -2.09. The van der Waals surface area contributed by atoms with Gasteiger partial charge in [-0.15, -0.1) is 20.5 Å². The van der Waals surface area contributed by atoms with Gasteiger partial charge in [-0.3, -0.25) is 36.4 Å². The highest BCUT2D eigenvalue weighted by Crippen LogP contribution is 2.49. The van der Waals surface area contributed by atoms with Crippen molar-refractivity contribution in [3.8, 4) is 11.5 Å². The van der Waals surface area contributed by atoms with E-state index in [1.165, 1.54) is 24.3 Å². The van der Waals surface area contributed by atoms with Crippen molar-refractivity contribution in [2.75, 3.05) is 21.3 Å². The van der Waals surface area contributed by atoms with Gasteiger partial charge in [-0.2, -0.15) is 97.2 Å². The Morgan fingerprint density at radius 1 is 0.314 bits per heavy atom. The Morgan fingerprint density at radius 2 is 0.627 bits per heavy atom. The third kappa shape index (κ3) is 15.2. The van der Waals surface area contributed by atoms with E-state index in [9.17, 15) is 114 Å². The third-order valence-corrected chi connectivity index (χ3v) is 21.5. The smallest absolute Gasteiger partial charge is 0.297 e. The fourth-order valence-electron chi connectivity index (χ4n) is 9.99. The van der Waals surface area contributed by atoms with Crippen LogP contribution in [-0.2, 0) is 80.9 Å². The lowest BCUT2D eigenvalue weighted by atomic mass is 10.1. The molecule has 0 unspecified atom stereocenters. The molecule has 0 aliphatic heterocycles. The maximum atomic E-state index is 13.0. The molecule has 0 spiro atoms. The number of aromatic nitrogens is 6. The number of hydrogen-bond acceptors (Lipinski definition) is 32. The first-order valence-electron chi connectivity index (χ1n) is 26.7.